The molecule has 0 heterocycles. The summed E-state index contributed by atoms with van der Waals surface area (Å²) >= 11 is 0. The summed E-state index contributed by atoms with van der Waals surface area (Å²) in [6.07, 6.45) is 8.42. The summed E-state index contributed by atoms with van der Waals surface area (Å²) < 4.78 is 5.53. The fourth-order valence-electron chi connectivity index (χ4n) is 3.46. The third-order valence-corrected chi connectivity index (χ3v) is 5.26. The van der Waals surface area contributed by atoms with Gasteiger partial charge in [-0.3, -0.25) is 4.79 Å². The lowest BCUT2D eigenvalue weighted by Crippen LogP contribution is -2.55. The van der Waals surface area contributed by atoms with E-state index in [1.54, 1.807) is 7.11 Å². The van der Waals surface area contributed by atoms with Crippen molar-refractivity contribution >= 4 is 11.7 Å². The molecule has 0 aromatic rings. The summed E-state index contributed by atoms with van der Waals surface area (Å²) in [7, 11) is 1.69. The number of methoxy groups -OCH3 is 1. The summed E-state index contributed by atoms with van der Waals surface area (Å²) in [5.41, 5.74) is 4.81. The number of nitrogens with zero attached hydrogens (tertiary/aromatic N) is 1. The van der Waals surface area contributed by atoms with Crippen LogP contribution in [-0.4, -0.2) is 36.2 Å². The molecule has 0 aromatic heterocycles. The molecule has 0 unspecified atom stereocenters. The summed E-state index contributed by atoms with van der Waals surface area (Å²) in [5.74, 6) is -0.0787. The molecule has 0 radical (unpaired) electrons. The van der Waals surface area contributed by atoms with E-state index in [2.05, 4.69) is 10.5 Å². The van der Waals surface area contributed by atoms with E-state index in [0.29, 0.717) is 19.4 Å². The average molecular weight is 297 g/mol. The molecule has 0 saturated heterocycles. The Hall–Kier alpha value is -1.30. The van der Waals surface area contributed by atoms with Gasteiger partial charge in [0.15, 0.2) is 5.84 Å². The molecule has 6 nitrogen and oxygen atoms in total. The van der Waals surface area contributed by atoms with Gasteiger partial charge in [0.1, 0.15) is 5.41 Å². The van der Waals surface area contributed by atoms with Crippen molar-refractivity contribution in [3.8, 4) is 0 Å². The van der Waals surface area contributed by atoms with Gasteiger partial charge in [0, 0.05) is 13.7 Å². The van der Waals surface area contributed by atoms with Gasteiger partial charge < -0.3 is 21.0 Å². The van der Waals surface area contributed by atoms with Crippen LogP contribution in [0, 0.1) is 5.41 Å². The first-order valence-electron chi connectivity index (χ1n) is 7.90. The van der Waals surface area contributed by atoms with Gasteiger partial charge in [-0.15, -0.1) is 0 Å². The summed E-state index contributed by atoms with van der Waals surface area (Å²) in [4.78, 5) is 12.7. The highest BCUT2D eigenvalue weighted by Crippen LogP contribution is 2.37. The van der Waals surface area contributed by atoms with Crippen molar-refractivity contribution in [2.24, 2.45) is 16.3 Å². The number of carbonyl (C=O) groups is 1. The van der Waals surface area contributed by atoms with Crippen LogP contribution < -0.4 is 11.1 Å². The Morgan fingerprint density at radius 3 is 2.24 bits per heavy atom. The van der Waals surface area contributed by atoms with E-state index in [1.165, 1.54) is 0 Å². The molecule has 0 atom stereocenters. The van der Waals surface area contributed by atoms with Gasteiger partial charge >= 0.3 is 0 Å². The third kappa shape index (κ3) is 3.15. The van der Waals surface area contributed by atoms with Crippen LogP contribution in [0.1, 0.15) is 57.8 Å². The molecule has 2 rings (SSSR count). The highest BCUT2D eigenvalue weighted by atomic mass is 16.5. The van der Waals surface area contributed by atoms with Crippen molar-refractivity contribution in [2.45, 2.75) is 63.4 Å². The van der Waals surface area contributed by atoms with E-state index in [1.807, 2.05) is 0 Å². The third-order valence-electron chi connectivity index (χ3n) is 5.26. The monoisotopic (exact) mass is 297 g/mol. The van der Waals surface area contributed by atoms with Crippen molar-refractivity contribution in [1.29, 1.82) is 0 Å². The van der Waals surface area contributed by atoms with Crippen LogP contribution >= 0.6 is 0 Å². The summed E-state index contributed by atoms with van der Waals surface area (Å²) in [6.45, 7) is 0.503. The zero-order valence-corrected chi connectivity index (χ0v) is 12.9. The maximum atomic E-state index is 12.7. The predicted molar refractivity (Wildman–Crippen MR) is 80.1 cm³/mol. The topological polar surface area (TPSA) is 96.9 Å². The second-order valence-electron chi connectivity index (χ2n) is 6.40. The van der Waals surface area contributed by atoms with E-state index >= 15 is 0 Å². The van der Waals surface area contributed by atoms with Crippen LogP contribution in [0.5, 0.6) is 0 Å². The van der Waals surface area contributed by atoms with Crippen molar-refractivity contribution in [3.63, 3.8) is 0 Å². The Balaban J connectivity index is 2.07. The number of carbonyl (C=O) groups excluding carboxylic acids is 1. The van der Waals surface area contributed by atoms with Gasteiger partial charge in [0.05, 0.1) is 5.60 Å². The molecule has 1 amide bonds. The Bertz CT molecular complexity index is 391. The number of nitrogens with two attached hydrogens (primary N) is 1. The Morgan fingerprint density at radius 1 is 1.19 bits per heavy atom. The minimum atomic E-state index is -0.857. The lowest BCUT2D eigenvalue weighted by atomic mass is 9.76. The molecule has 0 aliphatic heterocycles. The predicted octanol–water partition coefficient (Wildman–Crippen LogP) is 1.76. The maximum absolute atomic E-state index is 12.7. The van der Waals surface area contributed by atoms with Gasteiger partial charge in [0.2, 0.25) is 5.91 Å². The fourth-order valence-corrected chi connectivity index (χ4v) is 3.46. The van der Waals surface area contributed by atoms with Crippen LogP contribution in [-0.2, 0) is 9.53 Å². The maximum Gasteiger partial charge on any atom is 0.234 e. The Labute approximate surface area is 126 Å². The molecular weight excluding hydrogens is 270 g/mol. The largest absolute Gasteiger partial charge is 0.409 e. The van der Waals surface area contributed by atoms with Crippen molar-refractivity contribution in [1.82, 2.24) is 5.32 Å². The standard InChI is InChI=1S/C15H27N3O3/c1-21-14(7-6-8-14)11-17-13(19)15(12(16)18-20)9-4-2-3-5-10-15/h20H,2-11H2,1H3,(H2,16,18)(H,17,19). The number of hydrogen-bond donors (Lipinski definition) is 3. The number of nitrogens with one attached hydrogen (secondary N) is 1. The van der Waals surface area contributed by atoms with Gasteiger partial charge in [-0.1, -0.05) is 30.8 Å². The van der Waals surface area contributed by atoms with E-state index in [4.69, 9.17) is 15.7 Å². The molecule has 0 aromatic carbocycles. The van der Waals surface area contributed by atoms with Crippen LogP contribution in [0.3, 0.4) is 0 Å². The van der Waals surface area contributed by atoms with Crippen molar-refractivity contribution < 1.29 is 14.7 Å². The van der Waals surface area contributed by atoms with E-state index in [0.717, 1.165) is 44.9 Å². The Morgan fingerprint density at radius 2 is 1.81 bits per heavy atom. The first kappa shape index (κ1) is 16.1. The second-order valence-corrected chi connectivity index (χ2v) is 6.40. The number of hydrogen-bond acceptors (Lipinski definition) is 4. The Kier molecular flexibility index (Phi) is 5.08. The molecule has 21 heavy (non-hydrogen) atoms. The van der Waals surface area contributed by atoms with E-state index < -0.39 is 5.41 Å². The van der Waals surface area contributed by atoms with Crippen LogP contribution in [0.25, 0.3) is 0 Å². The quantitative estimate of drug-likeness (QED) is 0.237. The van der Waals surface area contributed by atoms with Crippen LogP contribution in [0.2, 0.25) is 0 Å². The highest BCUT2D eigenvalue weighted by Gasteiger charge is 2.45. The molecule has 4 N–H and O–H groups in total. The molecule has 2 saturated carbocycles. The smallest absolute Gasteiger partial charge is 0.234 e. The van der Waals surface area contributed by atoms with Gasteiger partial charge in [-0.2, -0.15) is 0 Å². The minimum absolute atomic E-state index is 0.0435. The molecule has 6 heteroatoms. The second kappa shape index (κ2) is 6.64. The minimum Gasteiger partial charge on any atom is -0.409 e. The molecule has 2 fully saturated rings. The molecule has 0 spiro atoms. The van der Waals surface area contributed by atoms with E-state index in [9.17, 15) is 4.79 Å². The molecule has 0 bridgehead atoms. The van der Waals surface area contributed by atoms with Crippen molar-refractivity contribution in [3.05, 3.63) is 0 Å². The summed E-state index contributed by atoms with van der Waals surface area (Å²) in [6, 6.07) is 0. The molecule has 120 valence electrons. The normalized spacial score (nSPS) is 24.7. The van der Waals surface area contributed by atoms with Crippen molar-refractivity contribution in [2.75, 3.05) is 13.7 Å². The average Bonchev–Trinajstić information content (AvgIpc) is 2.72. The van der Waals surface area contributed by atoms with Gasteiger partial charge in [-0.25, -0.2) is 0 Å². The molecule has 2 aliphatic rings. The van der Waals surface area contributed by atoms with Crippen LogP contribution in [0.4, 0.5) is 0 Å². The zero-order valence-electron chi connectivity index (χ0n) is 12.9. The lowest BCUT2D eigenvalue weighted by Gasteiger charge is -2.41. The lowest BCUT2D eigenvalue weighted by molar-refractivity contribution is -0.131. The number of oxime groups is 1. The number of amides is 1. The highest BCUT2D eigenvalue weighted by molar-refractivity contribution is 6.06. The SMILES string of the molecule is COC1(CNC(=O)C2(C(N)=NO)CCCCCC2)CCC1. The first-order valence-corrected chi connectivity index (χ1v) is 7.90. The van der Waals surface area contributed by atoms with Gasteiger partial charge in [0.25, 0.3) is 0 Å². The van der Waals surface area contributed by atoms with E-state index in [-0.39, 0.29) is 17.3 Å². The number of rotatable bonds is 5. The molecular formula is C15H27N3O3. The summed E-state index contributed by atoms with van der Waals surface area (Å²) in [5, 5.41) is 15.2. The molecule has 2 aliphatic carbocycles. The van der Waals surface area contributed by atoms with Crippen LogP contribution in [0.15, 0.2) is 5.16 Å². The number of ether oxygens (including phenoxy) is 1. The first-order chi connectivity index (χ1) is 10.1. The van der Waals surface area contributed by atoms with Gasteiger partial charge in [-0.05, 0) is 32.1 Å². The zero-order chi connectivity index (χ0) is 15.3. The fraction of sp³-hybridized carbons (Fsp3) is 0.867. The number of amidine groups is 1.